The topological polar surface area (TPSA) is 58.6 Å². The van der Waals surface area contributed by atoms with Crippen LogP contribution in [0.4, 0.5) is 0 Å². The first-order valence-electron chi connectivity index (χ1n) is 6.90. The third-order valence-corrected chi connectivity index (χ3v) is 3.51. The minimum atomic E-state index is -0.250. The molecule has 0 spiro atoms. The second-order valence-corrected chi connectivity index (χ2v) is 5.36. The van der Waals surface area contributed by atoms with E-state index in [0.717, 1.165) is 13.0 Å². The van der Waals surface area contributed by atoms with Crippen molar-refractivity contribution in [2.24, 2.45) is 0 Å². The molecule has 1 amide bonds. The number of carbonyl (C=O) groups is 2. The fourth-order valence-corrected chi connectivity index (χ4v) is 1.65. The zero-order valence-electron chi connectivity index (χ0n) is 13.1. The van der Waals surface area contributed by atoms with Crippen LogP contribution in [0.2, 0.25) is 0 Å². The highest BCUT2D eigenvalue weighted by Gasteiger charge is 2.25. The predicted molar refractivity (Wildman–Crippen MR) is 75.9 cm³/mol. The van der Waals surface area contributed by atoms with Crippen molar-refractivity contribution < 1.29 is 14.3 Å². The summed E-state index contributed by atoms with van der Waals surface area (Å²) < 4.78 is 4.62. The average molecular weight is 272 g/mol. The molecule has 5 nitrogen and oxygen atoms in total. The van der Waals surface area contributed by atoms with Gasteiger partial charge in [-0.2, -0.15) is 0 Å². The summed E-state index contributed by atoms with van der Waals surface area (Å²) >= 11 is 0. The first-order chi connectivity index (χ1) is 8.77. The van der Waals surface area contributed by atoms with Gasteiger partial charge in [-0.05, 0) is 33.7 Å². The first-order valence-corrected chi connectivity index (χ1v) is 6.90. The average Bonchev–Trinajstić information content (AvgIpc) is 2.38. The summed E-state index contributed by atoms with van der Waals surface area (Å²) in [6, 6.07) is -0.250. The van der Waals surface area contributed by atoms with E-state index < -0.39 is 0 Å². The highest BCUT2D eigenvalue weighted by molar-refractivity contribution is 5.82. The molecule has 0 aliphatic heterocycles. The molecule has 112 valence electrons. The lowest BCUT2D eigenvalue weighted by Gasteiger charge is -2.31. The van der Waals surface area contributed by atoms with Crippen LogP contribution in [0.3, 0.4) is 0 Å². The molecule has 0 aliphatic rings. The largest absolute Gasteiger partial charge is 0.469 e. The summed E-state index contributed by atoms with van der Waals surface area (Å²) in [4.78, 5) is 25.3. The fourth-order valence-electron chi connectivity index (χ4n) is 1.65. The smallest absolute Gasteiger partial charge is 0.306 e. The summed E-state index contributed by atoms with van der Waals surface area (Å²) in [5, 5.41) is 3.03. The third-order valence-electron chi connectivity index (χ3n) is 3.51. The third kappa shape index (κ3) is 6.57. The van der Waals surface area contributed by atoms with Crippen molar-refractivity contribution in [2.75, 3.05) is 20.2 Å². The van der Waals surface area contributed by atoms with E-state index in [4.69, 9.17) is 0 Å². The monoisotopic (exact) mass is 272 g/mol. The van der Waals surface area contributed by atoms with Crippen LogP contribution in [0.5, 0.6) is 0 Å². The molecule has 5 heteroatoms. The van der Waals surface area contributed by atoms with E-state index in [9.17, 15) is 9.59 Å². The number of carbonyl (C=O) groups excluding carboxylic acids is 2. The molecule has 0 saturated carbocycles. The molecule has 0 aromatic heterocycles. The van der Waals surface area contributed by atoms with Crippen LogP contribution < -0.4 is 5.32 Å². The number of ether oxygens (including phenoxy) is 1. The Labute approximate surface area is 116 Å². The maximum absolute atomic E-state index is 12.2. The second-order valence-electron chi connectivity index (χ2n) is 5.36. The number of rotatable bonds is 8. The number of esters is 1. The van der Waals surface area contributed by atoms with E-state index in [2.05, 4.69) is 10.1 Å². The molecule has 1 atom stereocenters. The van der Waals surface area contributed by atoms with Crippen molar-refractivity contribution >= 4 is 11.9 Å². The Bertz CT molecular complexity index is 303. The molecule has 0 aromatic carbocycles. The maximum Gasteiger partial charge on any atom is 0.306 e. The van der Waals surface area contributed by atoms with Gasteiger partial charge in [-0.25, -0.2) is 0 Å². The zero-order chi connectivity index (χ0) is 15.1. The highest BCUT2D eigenvalue weighted by atomic mass is 16.5. The summed E-state index contributed by atoms with van der Waals surface area (Å²) in [6.45, 7) is 11.1. The van der Waals surface area contributed by atoms with Gasteiger partial charge in [0.15, 0.2) is 0 Å². The Morgan fingerprint density at radius 2 is 1.89 bits per heavy atom. The van der Waals surface area contributed by atoms with E-state index in [-0.39, 0.29) is 23.5 Å². The molecule has 19 heavy (non-hydrogen) atoms. The lowest BCUT2D eigenvalue weighted by Crippen LogP contribution is -2.52. The lowest BCUT2D eigenvalue weighted by atomic mass is 10.0. The SMILES string of the molecule is CCN(CCC(=O)OC)C(C)C(=O)NC(C)(C)CC. The molecule has 0 radical (unpaired) electrons. The molecule has 0 saturated heterocycles. The van der Waals surface area contributed by atoms with Gasteiger partial charge in [0, 0.05) is 12.1 Å². The Morgan fingerprint density at radius 1 is 1.32 bits per heavy atom. The van der Waals surface area contributed by atoms with Crippen molar-refractivity contribution in [1.82, 2.24) is 10.2 Å². The van der Waals surface area contributed by atoms with Crippen LogP contribution in [0.1, 0.15) is 47.5 Å². The number of methoxy groups -OCH3 is 1. The quantitative estimate of drug-likeness (QED) is 0.681. The van der Waals surface area contributed by atoms with Crippen molar-refractivity contribution in [3.05, 3.63) is 0 Å². The molecule has 0 aliphatic carbocycles. The number of hydrogen-bond acceptors (Lipinski definition) is 4. The van der Waals surface area contributed by atoms with Gasteiger partial charge in [-0.3, -0.25) is 14.5 Å². The lowest BCUT2D eigenvalue weighted by molar-refractivity contribution is -0.141. The van der Waals surface area contributed by atoms with Crippen LogP contribution in [0.15, 0.2) is 0 Å². The second kappa shape index (κ2) is 8.15. The Hall–Kier alpha value is -1.10. The van der Waals surface area contributed by atoms with Gasteiger partial charge in [0.2, 0.25) is 5.91 Å². The minimum absolute atomic E-state index is 0.00133. The van der Waals surface area contributed by atoms with Gasteiger partial charge in [-0.15, -0.1) is 0 Å². The van der Waals surface area contributed by atoms with Crippen LogP contribution >= 0.6 is 0 Å². The zero-order valence-corrected chi connectivity index (χ0v) is 13.1. The van der Waals surface area contributed by atoms with Crippen LogP contribution in [0.25, 0.3) is 0 Å². The molecule has 1 unspecified atom stereocenters. The van der Waals surface area contributed by atoms with Gasteiger partial charge in [0.25, 0.3) is 0 Å². The standard InChI is InChI=1S/C14H28N2O3/c1-7-14(4,5)15-13(18)11(3)16(8-2)10-9-12(17)19-6/h11H,7-10H2,1-6H3,(H,15,18). The number of likely N-dealkylation sites (N-methyl/N-ethyl adjacent to an activating group) is 1. The summed E-state index contributed by atoms with van der Waals surface area (Å²) in [7, 11) is 1.37. The Balaban J connectivity index is 4.45. The molecular formula is C14H28N2O3. The Kier molecular flexibility index (Phi) is 7.68. The van der Waals surface area contributed by atoms with Crippen LogP contribution in [0, 0.1) is 0 Å². The van der Waals surface area contributed by atoms with E-state index in [1.807, 2.05) is 39.5 Å². The number of amides is 1. The number of nitrogens with one attached hydrogen (secondary N) is 1. The fraction of sp³-hybridized carbons (Fsp3) is 0.857. The van der Waals surface area contributed by atoms with Gasteiger partial charge in [0.1, 0.15) is 0 Å². The van der Waals surface area contributed by atoms with E-state index in [0.29, 0.717) is 13.0 Å². The number of hydrogen-bond donors (Lipinski definition) is 1. The van der Waals surface area contributed by atoms with Gasteiger partial charge in [0.05, 0.1) is 19.6 Å². The van der Waals surface area contributed by atoms with Crippen LogP contribution in [-0.4, -0.2) is 48.6 Å². The van der Waals surface area contributed by atoms with Crippen molar-refractivity contribution in [3.8, 4) is 0 Å². The van der Waals surface area contributed by atoms with Crippen molar-refractivity contribution in [3.63, 3.8) is 0 Å². The van der Waals surface area contributed by atoms with Gasteiger partial charge < -0.3 is 10.1 Å². The molecule has 0 fully saturated rings. The van der Waals surface area contributed by atoms with Crippen molar-refractivity contribution in [1.29, 1.82) is 0 Å². The molecule has 0 heterocycles. The molecule has 0 rings (SSSR count). The molecule has 0 aromatic rings. The molecule has 1 N–H and O–H groups in total. The molecule has 0 bridgehead atoms. The summed E-state index contributed by atoms with van der Waals surface area (Å²) in [6.07, 6.45) is 1.18. The summed E-state index contributed by atoms with van der Waals surface area (Å²) in [5.74, 6) is -0.251. The van der Waals surface area contributed by atoms with Gasteiger partial charge in [-0.1, -0.05) is 13.8 Å². The van der Waals surface area contributed by atoms with E-state index in [1.165, 1.54) is 7.11 Å². The highest BCUT2D eigenvalue weighted by Crippen LogP contribution is 2.09. The Morgan fingerprint density at radius 3 is 2.32 bits per heavy atom. The predicted octanol–water partition coefficient (Wildman–Crippen LogP) is 1.56. The minimum Gasteiger partial charge on any atom is -0.469 e. The first kappa shape index (κ1) is 17.9. The maximum atomic E-state index is 12.2. The van der Waals surface area contributed by atoms with Gasteiger partial charge >= 0.3 is 5.97 Å². The van der Waals surface area contributed by atoms with E-state index in [1.54, 1.807) is 0 Å². The normalized spacial score (nSPS) is 13.2. The summed E-state index contributed by atoms with van der Waals surface area (Å²) in [5.41, 5.74) is -0.201. The van der Waals surface area contributed by atoms with E-state index >= 15 is 0 Å². The van der Waals surface area contributed by atoms with Crippen molar-refractivity contribution in [2.45, 2.75) is 59.0 Å². The molecular weight excluding hydrogens is 244 g/mol. The number of nitrogens with zero attached hydrogens (tertiary/aromatic N) is 1. The van der Waals surface area contributed by atoms with Crippen LogP contribution in [-0.2, 0) is 14.3 Å².